The summed E-state index contributed by atoms with van der Waals surface area (Å²) in [7, 11) is 0. The van der Waals surface area contributed by atoms with E-state index >= 15 is 0 Å². The molecule has 0 amide bonds. The van der Waals surface area contributed by atoms with E-state index in [0.29, 0.717) is 46.0 Å². The Labute approximate surface area is 363 Å². The van der Waals surface area contributed by atoms with Gasteiger partial charge in [-0.1, -0.05) is 133 Å². The normalized spacial score (nSPS) is 11.0. The number of rotatable bonds is 14. The van der Waals surface area contributed by atoms with Gasteiger partial charge in [-0.15, -0.1) is 0 Å². The van der Waals surface area contributed by atoms with Crippen LogP contribution in [-0.2, 0) is 13.2 Å². The molecule has 0 saturated heterocycles. The predicted octanol–water partition coefficient (Wildman–Crippen LogP) is 11.3. The van der Waals surface area contributed by atoms with Gasteiger partial charge in [0.15, 0.2) is 34.6 Å². The van der Waals surface area contributed by atoms with Gasteiger partial charge in [0.1, 0.15) is 13.2 Å². The van der Waals surface area contributed by atoms with Crippen molar-refractivity contribution in [1.29, 1.82) is 0 Å². The van der Waals surface area contributed by atoms with E-state index < -0.39 is 0 Å². The van der Waals surface area contributed by atoms with E-state index in [9.17, 15) is 0 Å². The molecule has 0 spiro atoms. The van der Waals surface area contributed by atoms with Crippen LogP contribution < -0.4 is 14.2 Å². The highest BCUT2D eigenvalue weighted by Gasteiger charge is 2.22. The van der Waals surface area contributed by atoms with E-state index in [1.165, 1.54) is 0 Å². The third-order valence-electron chi connectivity index (χ3n) is 10.2. The number of pyridine rings is 4. The molecule has 0 unspecified atom stereocenters. The van der Waals surface area contributed by atoms with E-state index in [2.05, 4.69) is 9.97 Å². The summed E-state index contributed by atoms with van der Waals surface area (Å²) in [6.07, 6.45) is 6.80. The van der Waals surface area contributed by atoms with Gasteiger partial charge in [-0.25, -0.2) is 19.3 Å². The summed E-state index contributed by atoms with van der Waals surface area (Å²) in [5, 5.41) is 9.96. The van der Waals surface area contributed by atoms with Gasteiger partial charge in [-0.2, -0.15) is 10.2 Å². The summed E-state index contributed by atoms with van der Waals surface area (Å²) >= 11 is 0. The zero-order valence-electron chi connectivity index (χ0n) is 33.8. The SMILES string of the molecule is c1ccc(COc2cc(-c3cc(-c4ccccc4)nn3-c3ccccn3)ncc2Oc2cnc(-c3cc(-c4ccccc4)nn3-c3ccccn3)cc2OCc2ccccc2)cc1. The van der Waals surface area contributed by atoms with Crippen molar-refractivity contribution in [3.8, 4) is 79.9 Å². The van der Waals surface area contributed by atoms with E-state index in [1.54, 1.807) is 34.2 Å². The molecule has 4 aromatic carbocycles. The zero-order chi connectivity index (χ0) is 42.2. The molecule has 10 aromatic rings. The Hall–Kier alpha value is -8.70. The second-order valence-electron chi connectivity index (χ2n) is 14.4. The minimum Gasteiger partial charge on any atom is -0.485 e. The van der Waals surface area contributed by atoms with E-state index in [1.807, 2.05) is 182 Å². The second-order valence-corrected chi connectivity index (χ2v) is 14.4. The van der Waals surface area contributed by atoms with Crippen LogP contribution in [0, 0.1) is 0 Å². The van der Waals surface area contributed by atoms with Crippen molar-refractivity contribution in [2.45, 2.75) is 13.2 Å². The highest BCUT2D eigenvalue weighted by atomic mass is 16.5. The summed E-state index contributed by atoms with van der Waals surface area (Å²) in [5.74, 6) is 2.94. The average molecular weight is 823 g/mol. The summed E-state index contributed by atoms with van der Waals surface area (Å²) in [6, 6.07) is 59.2. The summed E-state index contributed by atoms with van der Waals surface area (Å²) < 4.78 is 23.5. The summed E-state index contributed by atoms with van der Waals surface area (Å²) in [6.45, 7) is 0.566. The van der Waals surface area contributed by atoms with Crippen molar-refractivity contribution < 1.29 is 14.2 Å². The first-order valence-electron chi connectivity index (χ1n) is 20.4. The molecule has 10 rings (SSSR count). The maximum Gasteiger partial charge on any atom is 0.187 e. The van der Waals surface area contributed by atoms with Crippen LogP contribution in [0.15, 0.2) is 207 Å². The maximum absolute atomic E-state index is 6.73. The fourth-order valence-corrected chi connectivity index (χ4v) is 7.03. The highest BCUT2D eigenvalue weighted by Crippen LogP contribution is 2.41. The molecule has 0 saturated carbocycles. The van der Waals surface area contributed by atoms with Crippen LogP contribution in [0.1, 0.15) is 11.1 Å². The van der Waals surface area contributed by atoms with Gasteiger partial charge >= 0.3 is 0 Å². The maximum atomic E-state index is 6.73. The Morgan fingerprint density at radius 2 is 0.762 bits per heavy atom. The molecule has 0 aliphatic rings. The van der Waals surface area contributed by atoms with Crippen molar-refractivity contribution in [1.82, 2.24) is 39.5 Å². The van der Waals surface area contributed by atoms with Gasteiger partial charge < -0.3 is 14.2 Å². The largest absolute Gasteiger partial charge is 0.485 e. The summed E-state index contributed by atoms with van der Waals surface area (Å²) in [5.41, 5.74) is 8.12. The highest BCUT2D eigenvalue weighted by molar-refractivity contribution is 5.71. The van der Waals surface area contributed by atoms with Crippen molar-refractivity contribution in [3.05, 3.63) is 218 Å². The van der Waals surface area contributed by atoms with E-state index in [4.69, 9.17) is 34.4 Å². The molecule has 6 aromatic heterocycles. The van der Waals surface area contributed by atoms with Crippen molar-refractivity contribution in [2.24, 2.45) is 0 Å². The fourth-order valence-electron chi connectivity index (χ4n) is 7.03. The molecule has 6 heterocycles. The minimum absolute atomic E-state index is 0.283. The van der Waals surface area contributed by atoms with Gasteiger partial charge in [0.25, 0.3) is 0 Å². The first-order valence-corrected chi connectivity index (χ1v) is 20.4. The zero-order valence-corrected chi connectivity index (χ0v) is 33.8. The predicted molar refractivity (Wildman–Crippen MR) is 242 cm³/mol. The molecule has 11 nitrogen and oxygen atoms in total. The van der Waals surface area contributed by atoms with Gasteiger partial charge in [-0.3, -0.25) is 9.97 Å². The number of hydrogen-bond donors (Lipinski definition) is 0. The standard InChI is InChI=1S/C52H38N8O3/c1-5-17-37(18-6-1)35-61-47-31-43(45-29-41(39-21-9-3-10-22-39)57-59(45)51-25-13-15-27-53-51)55-33-49(47)63-50-34-56-44(32-48(50)62-36-38-19-7-2-8-20-38)46-30-42(40-23-11-4-12-24-40)58-60(46)52-26-14-16-28-54-52/h1-34H,35-36H2. The molecule has 11 heteroatoms. The van der Waals surface area contributed by atoms with E-state index in [0.717, 1.165) is 45.0 Å². The molecular weight excluding hydrogens is 785 g/mol. The average Bonchev–Trinajstić information content (AvgIpc) is 4.02. The third kappa shape index (κ3) is 8.66. The van der Waals surface area contributed by atoms with Crippen molar-refractivity contribution >= 4 is 0 Å². The molecule has 0 aliphatic heterocycles. The lowest BCUT2D eigenvalue weighted by molar-refractivity contribution is 0.277. The molecule has 0 bridgehead atoms. The second kappa shape index (κ2) is 17.9. The van der Waals surface area contributed by atoms with Crippen LogP contribution in [0.4, 0.5) is 0 Å². The quantitative estimate of drug-likeness (QED) is 0.106. The monoisotopic (exact) mass is 822 g/mol. The Balaban J connectivity index is 1.06. The molecule has 0 fully saturated rings. The first kappa shape index (κ1) is 38.5. The molecule has 0 aliphatic carbocycles. The lowest BCUT2D eigenvalue weighted by Gasteiger charge is -2.17. The molecular formula is C52H38N8O3. The van der Waals surface area contributed by atoms with Crippen LogP contribution in [0.2, 0.25) is 0 Å². The van der Waals surface area contributed by atoms with Crippen LogP contribution >= 0.6 is 0 Å². The Kier molecular flexibility index (Phi) is 10.9. The van der Waals surface area contributed by atoms with Crippen molar-refractivity contribution in [3.63, 3.8) is 0 Å². The number of ether oxygens (including phenoxy) is 3. The summed E-state index contributed by atoms with van der Waals surface area (Å²) in [4.78, 5) is 19.1. The van der Waals surface area contributed by atoms with E-state index in [-0.39, 0.29) is 13.2 Å². The van der Waals surface area contributed by atoms with Crippen LogP contribution in [0.25, 0.3) is 56.9 Å². The molecule has 0 N–H and O–H groups in total. The number of nitrogens with zero attached hydrogens (tertiary/aromatic N) is 8. The van der Waals surface area contributed by atoms with Crippen molar-refractivity contribution in [2.75, 3.05) is 0 Å². The van der Waals surface area contributed by atoms with Crippen LogP contribution in [0.3, 0.4) is 0 Å². The Morgan fingerprint density at radius 3 is 1.16 bits per heavy atom. The van der Waals surface area contributed by atoms with Gasteiger partial charge in [-0.05, 0) is 47.5 Å². The topological polar surface area (TPSA) is 115 Å². The Morgan fingerprint density at radius 1 is 0.365 bits per heavy atom. The van der Waals surface area contributed by atoms with Crippen LogP contribution in [-0.4, -0.2) is 39.5 Å². The third-order valence-corrected chi connectivity index (χ3v) is 10.2. The molecule has 0 atom stereocenters. The molecule has 63 heavy (non-hydrogen) atoms. The lowest BCUT2D eigenvalue weighted by Crippen LogP contribution is -2.05. The van der Waals surface area contributed by atoms with Gasteiger partial charge in [0, 0.05) is 35.7 Å². The first-order chi connectivity index (χ1) is 31.2. The number of hydrogen-bond acceptors (Lipinski definition) is 9. The molecule has 0 radical (unpaired) electrons. The van der Waals surface area contributed by atoms with Gasteiger partial charge in [0.05, 0.1) is 46.6 Å². The number of benzene rings is 4. The minimum atomic E-state index is 0.283. The Bertz CT molecular complexity index is 2870. The fraction of sp³-hybridized carbons (Fsp3) is 0.0385. The van der Waals surface area contributed by atoms with Gasteiger partial charge in [0.2, 0.25) is 0 Å². The lowest BCUT2D eigenvalue weighted by atomic mass is 10.1. The number of aromatic nitrogens is 8. The molecule has 304 valence electrons. The van der Waals surface area contributed by atoms with Crippen LogP contribution in [0.5, 0.6) is 23.0 Å². The smallest absolute Gasteiger partial charge is 0.187 e.